The Balaban J connectivity index is 2.07. The number of rotatable bonds is 0. The van der Waals surface area contributed by atoms with Crippen LogP contribution in [0.3, 0.4) is 0 Å². The molecule has 0 saturated carbocycles. The maximum absolute atomic E-state index is 12.2. The molecule has 0 aromatic carbocycles. The van der Waals surface area contributed by atoms with E-state index < -0.39 is 30.2 Å². The second kappa shape index (κ2) is 3.01. The highest BCUT2D eigenvalue weighted by atomic mass is 19.4. The van der Waals surface area contributed by atoms with Crippen molar-refractivity contribution in [2.24, 2.45) is 4.99 Å². The fraction of sp³-hybridized carbons (Fsp3) is 0.714. The molecule has 0 radical (unpaired) electrons. The van der Waals surface area contributed by atoms with Crippen LogP contribution >= 0.6 is 0 Å². The van der Waals surface area contributed by atoms with Crippen LogP contribution in [0.15, 0.2) is 4.99 Å². The molecule has 8 heteroatoms. The smallest absolute Gasteiger partial charge is 0.448 e. The van der Waals surface area contributed by atoms with Gasteiger partial charge in [-0.25, -0.2) is 4.79 Å². The molecule has 2 unspecified atom stereocenters. The Morgan fingerprint density at radius 2 is 2.20 bits per heavy atom. The van der Waals surface area contributed by atoms with E-state index in [2.05, 4.69) is 10.3 Å². The molecule has 0 aromatic heterocycles. The second-order valence-electron chi connectivity index (χ2n) is 3.48. The summed E-state index contributed by atoms with van der Waals surface area (Å²) < 4.78 is 36.6. The molecule has 2 aliphatic heterocycles. The van der Waals surface area contributed by atoms with E-state index in [1.807, 2.05) is 0 Å². The van der Waals surface area contributed by atoms with Gasteiger partial charge in [0.1, 0.15) is 0 Å². The van der Waals surface area contributed by atoms with Gasteiger partial charge in [0.15, 0.2) is 0 Å². The maximum atomic E-state index is 12.2. The lowest BCUT2D eigenvalue weighted by Gasteiger charge is -2.14. The van der Waals surface area contributed by atoms with Gasteiger partial charge < -0.3 is 15.3 Å². The molecule has 0 spiro atoms. The number of aliphatic imine (C=N–C) groups is 1. The van der Waals surface area contributed by atoms with Crippen LogP contribution in [0.25, 0.3) is 0 Å². The molecule has 15 heavy (non-hydrogen) atoms. The molecule has 0 aromatic rings. The van der Waals surface area contributed by atoms with Gasteiger partial charge in [-0.1, -0.05) is 0 Å². The van der Waals surface area contributed by atoms with Crippen molar-refractivity contribution >= 4 is 11.9 Å². The third-order valence-corrected chi connectivity index (χ3v) is 2.45. The van der Waals surface area contributed by atoms with E-state index in [0.29, 0.717) is 0 Å². The minimum Gasteiger partial charge on any atom is -0.465 e. The summed E-state index contributed by atoms with van der Waals surface area (Å²) in [6, 6.07) is -1.16. The summed E-state index contributed by atoms with van der Waals surface area (Å²) in [6.07, 6.45) is -5.60. The molecule has 2 aliphatic rings. The summed E-state index contributed by atoms with van der Waals surface area (Å²) in [5.74, 6) is -0.998. The van der Waals surface area contributed by atoms with Gasteiger partial charge >= 0.3 is 12.3 Å². The van der Waals surface area contributed by atoms with Crippen molar-refractivity contribution in [3.05, 3.63) is 0 Å². The summed E-state index contributed by atoms with van der Waals surface area (Å²) in [7, 11) is 0. The molecular formula is C7H8F3N3O2. The lowest BCUT2D eigenvalue weighted by atomic mass is 10.2. The predicted molar refractivity (Wildman–Crippen MR) is 43.8 cm³/mol. The summed E-state index contributed by atoms with van der Waals surface area (Å²) in [4.78, 5) is 15.0. The van der Waals surface area contributed by atoms with Crippen molar-refractivity contribution in [3.63, 3.8) is 0 Å². The van der Waals surface area contributed by atoms with E-state index in [-0.39, 0.29) is 13.1 Å². The lowest BCUT2D eigenvalue weighted by molar-refractivity contribution is -0.0614. The van der Waals surface area contributed by atoms with Crippen molar-refractivity contribution in [2.75, 3.05) is 13.1 Å². The standard InChI is InChI=1S/C7H8F3N3O2/c8-7(9,10)5-11-3-1-13(6(14)15)2-4(3)12-5/h3-4H,1-2H2,(H,11,12)(H,14,15). The second-order valence-corrected chi connectivity index (χ2v) is 3.48. The highest BCUT2D eigenvalue weighted by Crippen LogP contribution is 2.25. The number of carboxylic acid groups (broad SMARTS) is 1. The summed E-state index contributed by atoms with van der Waals surface area (Å²) in [5.41, 5.74) is 0. The van der Waals surface area contributed by atoms with Crippen LogP contribution < -0.4 is 5.32 Å². The van der Waals surface area contributed by atoms with Crippen LogP contribution in [0, 0.1) is 0 Å². The Morgan fingerprint density at radius 1 is 1.53 bits per heavy atom. The monoisotopic (exact) mass is 223 g/mol. The number of hydrogen-bond acceptors (Lipinski definition) is 3. The Bertz CT molecular complexity index is 328. The van der Waals surface area contributed by atoms with Gasteiger partial charge in [-0.15, -0.1) is 0 Å². The number of nitrogens with zero attached hydrogens (tertiary/aromatic N) is 2. The topological polar surface area (TPSA) is 64.9 Å². The van der Waals surface area contributed by atoms with Crippen molar-refractivity contribution < 1.29 is 23.1 Å². The fourth-order valence-corrected chi connectivity index (χ4v) is 1.75. The zero-order chi connectivity index (χ0) is 11.2. The minimum absolute atomic E-state index is 0.0204. The Labute approximate surface area is 82.6 Å². The highest BCUT2D eigenvalue weighted by Gasteiger charge is 2.47. The highest BCUT2D eigenvalue weighted by molar-refractivity contribution is 5.90. The van der Waals surface area contributed by atoms with Gasteiger partial charge in [-0.3, -0.25) is 4.99 Å². The quantitative estimate of drug-likeness (QED) is 0.620. The van der Waals surface area contributed by atoms with E-state index in [4.69, 9.17) is 5.11 Å². The largest absolute Gasteiger partial charge is 0.465 e. The van der Waals surface area contributed by atoms with Gasteiger partial charge in [0.05, 0.1) is 12.1 Å². The first-order chi connectivity index (χ1) is 6.88. The molecule has 1 saturated heterocycles. The molecule has 1 amide bonds. The summed E-state index contributed by atoms with van der Waals surface area (Å²) in [5, 5.41) is 10.8. The first-order valence-electron chi connectivity index (χ1n) is 4.27. The van der Waals surface area contributed by atoms with Gasteiger partial charge in [0.25, 0.3) is 0 Å². The molecule has 2 atom stereocenters. The van der Waals surface area contributed by atoms with Crippen LogP contribution in [0.2, 0.25) is 0 Å². The van der Waals surface area contributed by atoms with E-state index in [0.717, 1.165) is 4.90 Å². The average Bonchev–Trinajstić information content (AvgIpc) is 2.55. The zero-order valence-electron chi connectivity index (χ0n) is 7.45. The first kappa shape index (κ1) is 10.1. The maximum Gasteiger partial charge on any atom is 0.448 e. The van der Waals surface area contributed by atoms with E-state index in [1.165, 1.54) is 0 Å². The number of alkyl halides is 3. The number of amidine groups is 1. The van der Waals surface area contributed by atoms with Crippen molar-refractivity contribution in [3.8, 4) is 0 Å². The number of nitrogens with one attached hydrogen (secondary N) is 1. The van der Waals surface area contributed by atoms with Crippen molar-refractivity contribution in [1.29, 1.82) is 0 Å². The third-order valence-electron chi connectivity index (χ3n) is 2.45. The number of halogens is 3. The fourth-order valence-electron chi connectivity index (χ4n) is 1.75. The average molecular weight is 223 g/mol. The molecular weight excluding hydrogens is 215 g/mol. The third kappa shape index (κ3) is 1.71. The predicted octanol–water partition coefficient (Wildman–Crippen LogP) is 0.281. The minimum atomic E-state index is -4.47. The van der Waals surface area contributed by atoms with Gasteiger partial charge in [-0.2, -0.15) is 13.2 Å². The van der Waals surface area contributed by atoms with Crippen LogP contribution in [0.4, 0.5) is 18.0 Å². The SMILES string of the molecule is O=C(O)N1CC2N=C(C(F)(F)F)NC2C1. The van der Waals surface area contributed by atoms with Crippen molar-refractivity contribution in [1.82, 2.24) is 10.2 Å². The Morgan fingerprint density at radius 3 is 2.67 bits per heavy atom. The van der Waals surface area contributed by atoms with Gasteiger partial charge in [0.2, 0.25) is 5.84 Å². The molecule has 5 nitrogen and oxygen atoms in total. The molecule has 2 N–H and O–H groups in total. The molecule has 84 valence electrons. The molecule has 0 aliphatic carbocycles. The van der Waals surface area contributed by atoms with Crippen LogP contribution in [-0.4, -0.2) is 53.3 Å². The van der Waals surface area contributed by atoms with Gasteiger partial charge in [-0.05, 0) is 0 Å². The van der Waals surface area contributed by atoms with E-state index >= 15 is 0 Å². The van der Waals surface area contributed by atoms with Crippen LogP contribution in [-0.2, 0) is 0 Å². The number of likely N-dealkylation sites (tertiary alicyclic amines) is 1. The lowest BCUT2D eigenvalue weighted by Crippen LogP contribution is -2.42. The number of carbonyl (C=O) groups is 1. The number of fused-ring (bicyclic) bond motifs is 1. The molecule has 0 bridgehead atoms. The van der Waals surface area contributed by atoms with E-state index in [9.17, 15) is 18.0 Å². The van der Waals surface area contributed by atoms with Crippen molar-refractivity contribution in [2.45, 2.75) is 18.3 Å². The normalized spacial score (nSPS) is 29.8. The van der Waals surface area contributed by atoms with Crippen LogP contribution in [0.5, 0.6) is 0 Å². The summed E-state index contributed by atoms with van der Waals surface area (Å²) in [6.45, 7) is 0.0651. The van der Waals surface area contributed by atoms with E-state index in [1.54, 1.807) is 0 Å². The number of amides is 1. The first-order valence-corrected chi connectivity index (χ1v) is 4.27. The van der Waals surface area contributed by atoms with Gasteiger partial charge in [0, 0.05) is 13.1 Å². The molecule has 2 heterocycles. The summed E-state index contributed by atoms with van der Waals surface area (Å²) >= 11 is 0. The van der Waals surface area contributed by atoms with Crippen LogP contribution in [0.1, 0.15) is 0 Å². The molecule has 1 fully saturated rings. The Hall–Kier alpha value is -1.47. The molecule has 2 rings (SSSR count). The number of hydrogen-bond donors (Lipinski definition) is 2. The Kier molecular flexibility index (Phi) is 2.02. The zero-order valence-corrected chi connectivity index (χ0v) is 7.45.